The van der Waals surface area contributed by atoms with E-state index in [9.17, 15) is 10.1 Å². The van der Waals surface area contributed by atoms with Gasteiger partial charge in [0.25, 0.3) is 5.69 Å². The number of hydrogen-bond donors (Lipinski definition) is 1. The van der Waals surface area contributed by atoms with Crippen molar-refractivity contribution in [3.63, 3.8) is 0 Å². The molecule has 1 aromatic carbocycles. The van der Waals surface area contributed by atoms with Crippen LogP contribution in [0.5, 0.6) is 0 Å². The quantitative estimate of drug-likeness (QED) is 0.645. The highest BCUT2D eigenvalue weighted by atomic mass is 16.6. The van der Waals surface area contributed by atoms with Gasteiger partial charge in [-0.05, 0) is 5.56 Å². The summed E-state index contributed by atoms with van der Waals surface area (Å²) >= 11 is 0. The Morgan fingerprint density at radius 3 is 2.94 bits per heavy atom. The summed E-state index contributed by atoms with van der Waals surface area (Å²) in [6, 6.07) is 8.38. The summed E-state index contributed by atoms with van der Waals surface area (Å²) in [5, 5.41) is 17.8. The number of anilines is 1. The highest BCUT2D eigenvalue weighted by Crippen LogP contribution is 2.14. The molecule has 2 rings (SSSR count). The maximum atomic E-state index is 10.6. The molecular formula is C11H12N4O2. The van der Waals surface area contributed by atoms with Crippen molar-refractivity contribution in [1.82, 2.24) is 9.78 Å². The van der Waals surface area contributed by atoms with Crippen LogP contribution in [0, 0.1) is 10.1 Å². The molecule has 1 N–H and O–H groups in total. The number of benzene rings is 1. The van der Waals surface area contributed by atoms with Crippen LogP contribution < -0.4 is 5.32 Å². The Bertz CT molecular complexity index is 536. The maximum Gasteiger partial charge on any atom is 0.269 e. The zero-order chi connectivity index (χ0) is 12.3. The average Bonchev–Trinajstić information content (AvgIpc) is 2.73. The van der Waals surface area contributed by atoms with E-state index in [0.29, 0.717) is 6.54 Å². The number of aromatic nitrogens is 2. The first-order chi connectivity index (χ1) is 8.15. The van der Waals surface area contributed by atoms with Crippen LogP contribution in [0.4, 0.5) is 11.5 Å². The zero-order valence-corrected chi connectivity index (χ0v) is 9.33. The van der Waals surface area contributed by atoms with Gasteiger partial charge >= 0.3 is 0 Å². The molecule has 88 valence electrons. The lowest BCUT2D eigenvalue weighted by Gasteiger charge is -2.02. The molecule has 0 saturated heterocycles. The van der Waals surface area contributed by atoms with Crippen molar-refractivity contribution in [1.29, 1.82) is 0 Å². The lowest BCUT2D eigenvalue weighted by Crippen LogP contribution is -2.01. The van der Waals surface area contributed by atoms with E-state index in [1.165, 1.54) is 6.07 Å². The van der Waals surface area contributed by atoms with E-state index in [1.54, 1.807) is 16.8 Å². The smallest absolute Gasteiger partial charge is 0.269 e. The number of nitrogens with zero attached hydrogens (tertiary/aromatic N) is 3. The van der Waals surface area contributed by atoms with Crippen LogP contribution in [-0.2, 0) is 13.6 Å². The van der Waals surface area contributed by atoms with Crippen LogP contribution in [-0.4, -0.2) is 14.7 Å². The lowest BCUT2D eigenvalue weighted by atomic mass is 10.2. The molecule has 0 aliphatic carbocycles. The van der Waals surface area contributed by atoms with Gasteiger partial charge in [-0.3, -0.25) is 14.8 Å². The normalized spacial score (nSPS) is 10.2. The Balaban J connectivity index is 2.04. The topological polar surface area (TPSA) is 73.0 Å². The van der Waals surface area contributed by atoms with E-state index < -0.39 is 4.92 Å². The van der Waals surface area contributed by atoms with Crippen LogP contribution >= 0.6 is 0 Å². The molecule has 2 aromatic rings. The van der Waals surface area contributed by atoms with Gasteiger partial charge in [0.05, 0.1) is 4.92 Å². The van der Waals surface area contributed by atoms with Gasteiger partial charge in [0, 0.05) is 38.0 Å². The summed E-state index contributed by atoms with van der Waals surface area (Å²) in [6.45, 7) is 0.513. The Labute approximate surface area is 98.0 Å². The van der Waals surface area contributed by atoms with Crippen LogP contribution in [0.25, 0.3) is 0 Å². The van der Waals surface area contributed by atoms with E-state index in [2.05, 4.69) is 10.4 Å². The first kappa shape index (κ1) is 11.1. The molecule has 0 atom stereocenters. The number of nitrogens with one attached hydrogen (secondary N) is 1. The average molecular weight is 232 g/mol. The minimum atomic E-state index is -0.399. The zero-order valence-electron chi connectivity index (χ0n) is 9.33. The van der Waals surface area contributed by atoms with Crippen molar-refractivity contribution < 1.29 is 4.92 Å². The second kappa shape index (κ2) is 4.65. The van der Waals surface area contributed by atoms with Gasteiger partial charge in [-0.25, -0.2) is 0 Å². The van der Waals surface area contributed by atoms with E-state index in [4.69, 9.17) is 0 Å². The summed E-state index contributed by atoms with van der Waals surface area (Å²) < 4.78 is 1.69. The molecule has 0 radical (unpaired) electrons. The molecule has 6 nitrogen and oxygen atoms in total. The standard InChI is InChI=1S/C11H12N4O2/c1-14-6-5-11(13-14)12-8-9-3-2-4-10(7-9)15(16)17/h2-7H,8H2,1H3,(H,12,13). The molecule has 0 bridgehead atoms. The van der Waals surface area contributed by atoms with Crippen molar-refractivity contribution in [2.45, 2.75) is 6.54 Å². The van der Waals surface area contributed by atoms with Crippen molar-refractivity contribution in [2.75, 3.05) is 5.32 Å². The van der Waals surface area contributed by atoms with E-state index in [1.807, 2.05) is 25.4 Å². The van der Waals surface area contributed by atoms with Gasteiger partial charge in [0.2, 0.25) is 0 Å². The third-order valence-corrected chi connectivity index (χ3v) is 2.31. The summed E-state index contributed by atoms with van der Waals surface area (Å²) in [6.07, 6.45) is 1.83. The lowest BCUT2D eigenvalue weighted by molar-refractivity contribution is -0.384. The van der Waals surface area contributed by atoms with Crippen molar-refractivity contribution in [2.24, 2.45) is 7.05 Å². The molecule has 1 heterocycles. The Hall–Kier alpha value is -2.37. The molecule has 0 unspecified atom stereocenters. The van der Waals surface area contributed by atoms with Gasteiger partial charge in [-0.15, -0.1) is 0 Å². The van der Waals surface area contributed by atoms with Crippen molar-refractivity contribution in [3.05, 3.63) is 52.2 Å². The SMILES string of the molecule is Cn1ccc(NCc2cccc([N+](=O)[O-])c2)n1. The number of hydrogen-bond acceptors (Lipinski definition) is 4. The van der Waals surface area contributed by atoms with Gasteiger partial charge < -0.3 is 5.32 Å². The summed E-state index contributed by atoms with van der Waals surface area (Å²) in [7, 11) is 1.83. The van der Waals surface area contributed by atoms with Gasteiger partial charge in [-0.1, -0.05) is 12.1 Å². The van der Waals surface area contributed by atoms with E-state index in [0.717, 1.165) is 11.4 Å². The monoisotopic (exact) mass is 232 g/mol. The Morgan fingerprint density at radius 1 is 1.47 bits per heavy atom. The van der Waals surface area contributed by atoms with Crippen molar-refractivity contribution >= 4 is 11.5 Å². The first-order valence-electron chi connectivity index (χ1n) is 5.12. The summed E-state index contributed by atoms with van der Waals surface area (Å²) in [4.78, 5) is 10.2. The summed E-state index contributed by atoms with van der Waals surface area (Å²) in [5.41, 5.74) is 0.954. The molecule has 0 spiro atoms. The second-order valence-electron chi connectivity index (χ2n) is 3.66. The van der Waals surface area contributed by atoms with Gasteiger partial charge in [0.1, 0.15) is 5.82 Å². The van der Waals surface area contributed by atoms with E-state index >= 15 is 0 Å². The van der Waals surface area contributed by atoms with E-state index in [-0.39, 0.29) is 5.69 Å². The molecular weight excluding hydrogens is 220 g/mol. The molecule has 0 aliphatic rings. The number of aryl methyl sites for hydroxylation is 1. The molecule has 6 heteroatoms. The predicted molar refractivity (Wildman–Crippen MR) is 63.6 cm³/mol. The van der Waals surface area contributed by atoms with Crippen molar-refractivity contribution in [3.8, 4) is 0 Å². The number of nitro groups is 1. The predicted octanol–water partition coefficient (Wildman–Crippen LogP) is 1.94. The number of non-ortho nitro benzene ring substituents is 1. The Kier molecular flexibility index (Phi) is 3.04. The number of nitro benzene ring substituents is 1. The molecule has 0 amide bonds. The molecule has 0 saturated carbocycles. The minimum absolute atomic E-state index is 0.102. The molecule has 0 fully saturated rings. The molecule has 1 aromatic heterocycles. The largest absolute Gasteiger partial charge is 0.365 e. The fraction of sp³-hybridized carbons (Fsp3) is 0.182. The maximum absolute atomic E-state index is 10.6. The molecule has 0 aliphatic heterocycles. The third kappa shape index (κ3) is 2.81. The third-order valence-electron chi connectivity index (χ3n) is 2.31. The summed E-state index contributed by atoms with van der Waals surface area (Å²) in [5.74, 6) is 0.749. The molecule has 17 heavy (non-hydrogen) atoms. The number of rotatable bonds is 4. The van der Waals surface area contributed by atoms with Crippen LogP contribution in [0.1, 0.15) is 5.56 Å². The first-order valence-corrected chi connectivity index (χ1v) is 5.12. The highest BCUT2D eigenvalue weighted by Gasteiger charge is 2.05. The van der Waals surface area contributed by atoms with Crippen LogP contribution in [0.15, 0.2) is 36.5 Å². The van der Waals surface area contributed by atoms with Gasteiger partial charge in [-0.2, -0.15) is 5.10 Å². The fourth-order valence-corrected chi connectivity index (χ4v) is 1.48. The minimum Gasteiger partial charge on any atom is -0.365 e. The fourth-order valence-electron chi connectivity index (χ4n) is 1.48. The van der Waals surface area contributed by atoms with Gasteiger partial charge in [0.15, 0.2) is 0 Å². The second-order valence-corrected chi connectivity index (χ2v) is 3.66. The highest BCUT2D eigenvalue weighted by molar-refractivity contribution is 5.38. The Morgan fingerprint density at radius 2 is 2.29 bits per heavy atom. The van der Waals surface area contributed by atoms with Crippen LogP contribution in [0.3, 0.4) is 0 Å². The van der Waals surface area contributed by atoms with Crippen LogP contribution in [0.2, 0.25) is 0 Å².